The van der Waals surface area contributed by atoms with Crippen LogP contribution in [-0.4, -0.2) is 16.6 Å². The molecule has 4 heteroatoms. The number of carbonyl (C=O) groups excluding carboxylic acids is 2. The number of nitrogens with zero attached hydrogens (tertiary/aromatic N) is 1. The Morgan fingerprint density at radius 1 is 1.57 bits per heavy atom. The van der Waals surface area contributed by atoms with Crippen molar-refractivity contribution in [1.82, 2.24) is 0 Å². The predicted octanol–water partition coefficient (Wildman–Crippen LogP) is 0.451. The van der Waals surface area contributed by atoms with Crippen LogP contribution in [0.25, 0.3) is 0 Å². The van der Waals surface area contributed by atoms with Gasteiger partial charge in [-0.25, -0.2) is 4.99 Å². The monoisotopic (exact) mass is 115 g/mol. The SMILES string of the molecule is O=C1C=NC(=O)S1. The molecule has 36 valence electrons. The highest BCUT2D eigenvalue weighted by Crippen LogP contribution is 2.09. The van der Waals surface area contributed by atoms with Crippen LogP contribution in [0.1, 0.15) is 0 Å². The minimum absolute atomic E-state index is 0.273. The van der Waals surface area contributed by atoms with Gasteiger partial charge in [0.25, 0.3) is 0 Å². The maximum Gasteiger partial charge on any atom is 0.312 e. The van der Waals surface area contributed by atoms with Crippen molar-refractivity contribution in [3.05, 3.63) is 0 Å². The predicted molar refractivity (Wildman–Crippen MR) is 26.5 cm³/mol. The molecule has 0 aliphatic carbocycles. The van der Waals surface area contributed by atoms with Gasteiger partial charge in [0.05, 0.1) is 6.21 Å². The van der Waals surface area contributed by atoms with E-state index in [1.165, 1.54) is 0 Å². The lowest BCUT2D eigenvalue weighted by Gasteiger charge is -1.68. The van der Waals surface area contributed by atoms with Gasteiger partial charge in [0.1, 0.15) is 0 Å². The third-order valence-corrected chi connectivity index (χ3v) is 1.05. The molecule has 0 N–H and O–H groups in total. The van der Waals surface area contributed by atoms with E-state index in [-0.39, 0.29) is 5.12 Å². The quantitative estimate of drug-likeness (QED) is 0.460. The maximum atomic E-state index is 10.0. The van der Waals surface area contributed by atoms with Gasteiger partial charge in [-0.2, -0.15) is 0 Å². The van der Waals surface area contributed by atoms with Crippen molar-refractivity contribution >= 4 is 28.3 Å². The number of rotatable bonds is 0. The van der Waals surface area contributed by atoms with Gasteiger partial charge in [-0.1, -0.05) is 0 Å². The van der Waals surface area contributed by atoms with E-state index in [0.717, 1.165) is 6.21 Å². The van der Waals surface area contributed by atoms with Crippen LogP contribution >= 0.6 is 11.8 Å². The van der Waals surface area contributed by atoms with E-state index in [1.807, 2.05) is 0 Å². The summed E-state index contributed by atoms with van der Waals surface area (Å²) < 4.78 is 0. The van der Waals surface area contributed by atoms with Crippen molar-refractivity contribution in [2.75, 3.05) is 0 Å². The molecule has 3 nitrogen and oxygen atoms in total. The smallest absolute Gasteiger partial charge is 0.280 e. The fraction of sp³-hybridized carbons (Fsp3) is 0. The third kappa shape index (κ3) is 0.866. The summed E-state index contributed by atoms with van der Waals surface area (Å²) in [4.78, 5) is 23.2. The largest absolute Gasteiger partial charge is 0.312 e. The molecule has 0 atom stereocenters. The Balaban J connectivity index is 2.76. The second-order valence-corrected chi connectivity index (χ2v) is 1.90. The van der Waals surface area contributed by atoms with Crippen molar-refractivity contribution in [3.63, 3.8) is 0 Å². The summed E-state index contributed by atoms with van der Waals surface area (Å²) in [5.74, 6) is 0. The Bertz CT molecular complexity index is 135. The Morgan fingerprint density at radius 3 is 2.43 bits per heavy atom. The second-order valence-electron chi connectivity index (χ2n) is 0.945. The molecule has 0 radical (unpaired) electrons. The van der Waals surface area contributed by atoms with Gasteiger partial charge < -0.3 is 0 Å². The average molecular weight is 115 g/mol. The Morgan fingerprint density at radius 2 is 2.29 bits per heavy atom. The number of aliphatic imine (C=N–C) groups is 1. The van der Waals surface area contributed by atoms with Crippen LogP contribution in [0.5, 0.6) is 0 Å². The lowest BCUT2D eigenvalue weighted by Crippen LogP contribution is -1.81. The summed E-state index contributed by atoms with van der Waals surface area (Å²) in [5, 5.41) is -0.685. The van der Waals surface area contributed by atoms with Crippen molar-refractivity contribution in [3.8, 4) is 0 Å². The van der Waals surface area contributed by atoms with E-state index in [4.69, 9.17) is 0 Å². The molecular weight excluding hydrogens is 114 g/mol. The van der Waals surface area contributed by atoms with Crippen LogP contribution in [0, 0.1) is 0 Å². The van der Waals surface area contributed by atoms with Crippen molar-refractivity contribution in [1.29, 1.82) is 0 Å². The number of carbonyl (C=O) groups is 2. The van der Waals surface area contributed by atoms with Crippen molar-refractivity contribution < 1.29 is 9.59 Å². The first kappa shape index (κ1) is 4.52. The van der Waals surface area contributed by atoms with Crippen molar-refractivity contribution in [2.45, 2.75) is 0 Å². The summed E-state index contributed by atoms with van der Waals surface area (Å²) in [5.41, 5.74) is 0. The number of hydrogen-bond donors (Lipinski definition) is 0. The highest BCUT2D eigenvalue weighted by atomic mass is 32.2. The minimum atomic E-state index is -0.412. The average Bonchev–Trinajstić information content (AvgIpc) is 1.87. The zero-order valence-electron chi connectivity index (χ0n) is 3.25. The number of amides is 1. The van der Waals surface area contributed by atoms with E-state index in [1.54, 1.807) is 0 Å². The van der Waals surface area contributed by atoms with Crippen LogP contribution in [0.3, 0.4) is 0 Å². The normalized spacial score (nSPS) is 18.9. The lowest BCUT2D eigenvalue weighted by atomic mass is 10.8. The molecule has 7 heavy (non-hydrogen) atoms. The Labute approximate surface area is 43.8 Å². The molecule has 1 amide bonds. The molecule has 0 aromatic rings. The molecule has 0 aromatic heterocycles. The van der Waals surface area contributed by atoms with Crippen LogP contribution in [0.4, 0.5) is 4.79 Å². The molecule has 0 saturated carbocycles. The minimum Gasteiger partial charge on any atom is -0.280 e. The maximum absolute atomic E-state index is 10.0. The Kier molecular flexibility index (Phi) is 0.941. The summed E-state index contributed by atoms with van der Waals surface area (Å²) in [6.45, 7) is 0. The fourth-order valence-electron chi connectivity index (χ4n) is 0.244. The van der Waals surface area contributed by atoms with Crippen LogP contribution < -0.4 is 0 Å². The highest BCUT2D eigenvalue weighted by Gasteiger charge is 2.12. The molecule has 0 bridgehead atoms. The van der Waals surface area contributed by atoms with Gasteiger partial charge in [-0.3, -0.25) is 9.59 Å². The third-order valence-electron chi connectivity index (χ3n) is 0.463. The molecule has 0 unspecified atom stereocenters. The summed E-state index contributed by atoms with van der Waals surface area (Å²) in [6.07, 6.45) is 1.02. The van der Waals surface area contributed by atoms with E-state index in [2.05, 4.69) is 4.99 Å². The van der Waals surface area contributed by atoms with E-state index < -0.39 is 5.24 Å². The standard InChI is InChI=1S/C3HNO2S/c5-2-1-4-3(6)7-2/h1H. The fourth-order valence-corrected chi connectivity index (χ4v) is 0.627. The molecule has 1 heterocycles. The first-order valence-corrected chi connectivity index (χ1v) is 2.40. The van der Waals surface area contributed by atoms with Crippen molar-refractivity contribution in [2.24, 2.45) is 4.99 Å². The van der Waals surface area contributed by atoms with Crippen LogP contribution in [0.2, 0.25) is 0 Å². The first-order valence-electron chi connectivity index (χ1n) is 1.59. The summed E-state index contributed by atoms with van der Waals surface area (Å²) >= 11 is 0.620. The van der Waals surface area contributed by atoms with Gasteiger partial charge in [0.15, 0.2) is 0 Å². The zero-order valence-corrected chi connectivity index (χ0v) is 4.07. The van der Waals surface area contributed by atoms with Crippen LogP contribution in [-0.2, 0) is 4.79 Å². The molecule has 0 spiro atoms. The van der Waals surface area contributed by atoms with Gasteiger partial charge in [0.2, 0.25) is 5.12 Å². The number of hydrogen-bond acceptors (Lipinski definition) is 3. The summed E-state index contributed by atoms with van der Waals surface area (Å²) in [7, 11) is 0. The van der Waals surface area contributed by atoms with Gasteiger partial charge in [-0.05, 0) is 0 Å². The molecule has 1 rings (SSSR count). The molecule has 0 saturated heterocycles. The van der Waals surface area contributed by atoms with Crippen LogP contribution in [0.15, 0.2) is 4.99 Å². The topological polar surface area (TPSA) is 46.5 Å². The zero-order chi connectivity index (χ0) is 5.28. The highest BCUT2D eigenvalue weighted by molar-refractivity contribution is 8.28. The molecule has 1 aliphatic heterocycles. The molecular formula is C3HNO2S. The summed E-state index contributed by atoms with van der Waals surface area (Å²) in [6, 6.07) is 0. The van der Waals surface area contributed by atoms with Gasteiger partial charge in [-0.15, -0.1) is 0 Å². The molecule has 0 fully saturated rings. The molecule has 1 aliphatic rings. The lowest BCUT2D eigenvalue weighted by molar-refractivity contribution is -0.105. The van der Waals surface area contributed by atoms with Gasteiger partial charge in [0, 0.05) is 11.8 Å². The number of thioether (sulfide) groups is 1. The molecule has 0 aromatic carbocycles. The van der Waals surface area contributed by atoms with E-state index >= 15 is 0 Å². The van der Waals surface area contributed by atoms with Gasteiger partial charge >= 0.3 is 5.24 Å². The second kappa shape index (κ2) is 1.46. The first-order chi connectivity index (χ1) is 3.29. The van der Waals surface area contributed by atoms with E-state index in [0.29, 0.717) is 11.8 Å². The van der Waals surface area contributed by atoms with E-state index in [9.17, 15) is 9.59 Å². The Hall–Kier alpha value is -0.640.